The number of anilines is 1. The van der Waals surface area contributed by atoms with Crippen LogP contribution in [0.4, 0.5) is 18.9 Å². The van der Waals surface area contributed by atoms with Crippen LogP contribution in [0.2, 0.25) is 5.02 Å². The van der Waals surface area contributed by atoms with Crippen LogP contribution in [0.15, 0.2) is 36.4 Å². The number of methoxy groups -OCH3 is 1. The average Bonchev–Trinajstić information content (AvgIpc) is 2.59. The number of amides is 1. The van der Waals surface area contributed by atoms with E-state index in [1.54, 1.807) is 0 Å². The molecule has 1 amide bonds. The van der Waals surface area contributed by atoms with Crippen molar-refractivity contribution in [3.05, 3.63) is 58.1 Å². The van der Waals surface area contributed by atoms with E-state index >= 15 is 0 Å². The lowest BCUT2D eigenvalue weighted by Crippen LogP contribution is -2.19. The van der Waals surface area contributed by atoms with Gasteiger partial charge in [0, 0.05) is 10.6 Å². The molecule has 2 aromatic rings. The number of carbonyl (C=O) groups is 3. The van der Waals surface area contributed by atoms with Crippen LogP contribution in [0, 0.1) is 0 Å². The summed E-state index contributed by atoms with van der Waals surface area (Å²) in [5.41, 5.74) is -2.00. The Morgan fingerprint density at radius 3 is 2.36 bits per heavy atom. The SMILES string of the molecule is COc1ccc(Cl)cc1C(=O)c1cc(C(F)(F)F)ccc1NC(=O)CC(=O)O. The number of hydrogen-bond acceptors (Lipinski definition) is 4. The zero-order valence-corrected chi connectivity index (χ0v) is 15.0. The standard InChI is InChI=1S/C18H13ClF3NO5/c1-28-14-5-3-10(19)7-12(14)17(27)11-6-9(18(20,21)22)2-4-13(11)23-15(24)8-16(25)26/h2-7H,8H2,1H3,(H,23,24)(H,25,26). The first-order valence-corrected chi connectivity index (χ1v) is 8.02. The predicted octanol–water partition coefficient (Wildman–Crippen LogP) is 4.01. The average molecular weight is 416 g/mol. The van der Waals surface area contributed by atoms with Crippen molar-refractivity contribution in [2.75, 3.05) is 12.4 Å². The molecule has 0 fully saturated rings. The van der Waals surface area contributed by atoms with Crippen molar-refractivity contribution in [2.45, 2.75) is 12.6 Å². The maximum absolute atomic E-state index is 13.1. The molecule has 2 aromatic carbocycles. The molecule has 2 rings (SSSR count). The van der Waals surface area contributed by atoms with E-state index in [0.717, 1.165) is 6.07 Å². The molecule has 2 N–H and O–H groups in total. The molecular weight excluding hydrogens is 403 g/mol. The lowest BCUT2D eigenvalue weighted by atomic mass is 9.98. The van der Waals surface area contributed by atoms with Crippen molar-refractivity contribution in [1.82, 2.24) is 0 Å². The number of aliphatic carboxylic acids is 1. The van der Waals surface area contributed by atoms with Crippen molar-refractivity contribution in [2.24, 2.45) is 0 Å². The van der Waals surface area contributed by atoms with Gasteiger partial charge in [-0.05, 0) is 36.4 Å². The Morgan fingerprint density at radius 1 is 1.11 bits per heavy atom. The number of carboxylic acid groups (broad SMARTS) is 1. The number of ketones is 1. The fourth-order valence-electron chi connectivity index (χ4n) is 2.35. The zero-order valence-electron chi connectivity index (χ0n) is 14.3. The Labute approximate surface area is 161 Å². The van der Waals surface area contributed by atoms with Gasteiger partial charge in [0.25, 0.3) is 0 Å². The Morgan fingerprint density at radius 2 is 1.79 bits per heavy atom. The number of carbonyl (C=O) groups excluding carboxylic acids is 2. The Kier molecular flexibility index (Phi) is 6.30. The molecule has 0 atom stereocenters. The highest BCUT2D eigenvalue weighted by molar-refractivity contribution is 6.31. The summed E-state index contributed by atoms with van der Waals surface area (Å²) in [6, 6.07) is 6.13. The van der Waals surface area contributed by atoms with E-state index < -0.39 is 41.4 Å². The van der Waals surface area contributed by atoms with Gasteiger partial charge < -0.3 is 15.2 Å². The van der Waals surface area contributed by atoms with E-state index in [-0.39, 0.29) is 22.0 Å². The second kappa shape index (κ2) is 8.30. The van der Waals surface area contributed by atoms with Crippen molar-refractivity contribution >= 4 is 34.9 Å². The first-order chi connectivity index (χ1) is 13.0. The first-order valence-electron chi connectivity index (χ1n) is 7.64. The van der Waals surface area contributed by atoms with Gasteiger partial charge in [-0.25, -0.2) is 0 Å². The van der Waals surface area contributed by atoms with E-state index in [1.807, 2.05) is 0 Å². The monoisotopic (exact) mass is 415 g/mol. The molecule has 0 heterocycles. The molecule has 28 heavy (non-hydrogen) atoms. The molecule has 0 spiro atoms. The lowest BCUT2D eigenvalue weighted by Gasteiger charge is -2.15. The highest BCUT2D eigenvalue weighted by Crippen LogP contribution is 2.34. The second-order valence-electron chi connectivity index (χ2n) is 5.55. The minimum Gasteiger partial charge on any atom is -0.496 e. The highest BCUT2D eigenvalue weighted by Gasteiger charge is 2.32. The van der Waals surface area contributed by atoms with Crippen molar-refractivity contribution in [1.29, 1.82) is 0 Å². The maximum Gasteiger partial charge on any atom is 0.416 e. The third-order valence-electron chi connectivity index (χ3n) is 3.58. The summed E-state index contributed by atoms with van der Waals surface area (Å²) in [5, 5.41) is 10.9. The molecule has 0 aliphatic rings. The highest BCUT2D eigenvalue weighted by atomic mass is 35.5. The summed E-state index contributed by atoms with van der Waals surface area (Å²) in [7, 11) is 1.27. The molecule has 6 nitrogen and oxygen atoms in total. The third kappa shape index (κ3) is 5.01. The number of hydrogen-bond donors (Lipinski definition) is 2. The minimum absolute atomic E-state index is 0.0645. The number of alkyl halides is 3. The van der Waals surface area contributed by atoms with E-state index in [9.17, 15) is 27.6 Å². The van der Waals surface area contributed by atoms with Crippen molar-refractivity contribution in [3.8, 4) is 5.75 Å². The lowest BCUT2D eigenvalue weighted by molar-refractivity contribution is -0.140. The van der Waals surface area contributed by atoms with Gasteiger partial charge in [-0.1, -0.05) is 11.6 Å². The summed E-state index contributed by atoms with van der Waals surface area (Å²) in [5.74, 6) is -3.26. The van der Waals surface area contributed by atoms with E-state index in [1.165, 1.54) is 25.3 Å². The predicted molar refractivity (Wildman–Crippen MR) is 93.8 cm³/mol. The smallest absolute Gasteiger partial charge is 0.416 e. The maximum atomic E-state index is 13.1. The molecule has 0 aliphatic heterocycles. The molecule has 0 radical (unpaired) electrons. The molecular formula is C18H13ClF3NO5. The van der Waals surface area contributed by atoms with Gasteiger partial charge in [-0.15, -0.1) is 0 Å². The quantitative estimate of drug-likeness (QED) is 0.549. The van der Waals surface area contributed by atoms with E-state index in [0.29, 0.717) is 12.1 Å². The minimum atomic E-state index is -4.74. The van der Waals surface area contributed by atoms with Gasteiger partial charge in [-0.2, -0.15) is 13.2 Å². The first kappa shape index (κ1) is 21.2. The molecule has 148 valence electrons. The molecule has 10 heteroatoms. The van der Waals surface area contributed by atoms with Crippen LogP contribution in [0.1, 0.15) is 27.9 Å². The molecule has 0 bridgehead atoms. The molecule has 0 unspecified atom stereocenters. The third-order valence-corrected chi connectivity index (χ3v) is 3.82. The molecule has 0 aromatic heterocycles. The largest absolute Gasteiger partial charge is 0.496 e. The van der Waals surface area contributed by atoms with E-state index in [2.05, 4.69) is 5.32 Å². The topological polar surface area (TPSA) is 92.7 Å². The Bertz CT molecular complexity index is 943. The fraction of sp³-hybridized carbons (Fsp3) is 0.167. The fourth-order valence-corrected chi connectivity index (χ4v) is 2.52. The van der Waals surface area contributed by atoms with E-state index in [4.69, 9.17) is 21.4 Å². The summed E-state index contributed by atoms with van der Waals surface area (Å²) >= 11 is 5.87. The van der Waals surface area contributed by atoms with Crippen LogP contribution in [-0.4, -0.2) is 29.9 Å². The molecule has 0 aliphatic carbocycles. The normalized spacial score (nSPS) is 11.0. The second-order valence-corrected chi connectivity index (χ2v) is 5.99. The van der Waals surface area contributed by atoms with Gasteiger partial charge in [0.2, 0.25) is 5.91 Å². The summed E-state index contributed by atoms with van der Waals surface area (Å²) in [6.07, 6.45) is -5.66. The van der Waals surface area contributed by atoms with Crippen molar-refractivity contribution in [3.63, 3.8) is 0 Å². The van der Waals surface area contributed by atoms with Crippen LogP contribution >= 0.6 is 11.6 Å². The van der Waals surface area contributed by atoms with Gasteiger partial charge in [0.1, 0.15) is 12.2 Å². The Balaban J connectivity index is 2.58. The molecule has 0 saturated heterocycles. The summed E-state index contributed by atoms with van der Waals surface area (Å²) in [6.45, 7) is 0. The van der Waals surface area contributed by atoms with Crippen LogP contribution in [-0.2, 0) is 15.8 Å². The number of halogens is 4. The summed E-state index contributed by atoms with van der Waals surface area (Å²) in [4.78, 5) is 35.3. The number of nitrogens with one attached hydrogen (secondary N) is 1. The van der Waals surface area contributed by atoms with Gasteiger partial charge in [0.15, 0.2) is 5.78 Å². The van der Waals surface area contributed by atoms with Crippen LogP contribution in [0.25, 0.3) is 0 Å². The molecule has 0 saturated carbocycles. The number of carboxylic acids is 1. The van der Waals surface area contributed by atoms with Crippen LogP contribution in [0.3, 0.4) is 0 Å². The van der Waals surface area contributed by atoms with Crippen LogP contribution < -0.4 is 10.1 Å². The number of ether oxygens (including phenoxy) is 1. The van der Waals surface area contributed by atoms with Crippen molar-refractivity contribution < 1.29 is 37.4 Å². The number of benzene rings is 2. The Hall–Kier alpha value is -3.07. The van der Waals surface area contributed by atoms with Gasteiger partial charge in [-0.3, -0.25) is 14.4 Å². The van der Waals surface area contributed by atoms with Crippen LogP contribution in [0.5, 0.6) is 5.75 Å². The van der Waals surface area contributed by atoms with Gasteiger partial charge >= 0.3 is 12.1 Å². The van der Waals surface area contributed by atoms with Gasteiger partial charge in [0.05, 0.1) is 23.9 Å². The zero-order chi connectivity index (χ0) is 21.1. The number of rotatable bonds is 6. The summed E-state index contributed by atoms with van der Waals surface area (Å²) < 4.78 is 44.3.